The lowest BCUT2D eigenvalue weighted by Gasteiger charge is -2.41. The monoisotopic (exact) mass is 276 g/mol. The molecule has 0 aromatic heterocycles. The summed E-state index contributed by atoms with van der Waals surface area (Å²) < 4.78 is 16.9. The Morgan fingerprint density at radius 1 is 0.895 bits per heavy atom. The van der Waals surface area contributed by atoms with Crippen molar-refractivity contribution in [3.8, 4) is 0 Å². The molecule has 0 radical (unpaired) electrons. The largest absolute Gasteiger partial charge is 0.390 e. The number of aliphatic hydroxyl groups excluding tert-OH is 3. The summed E-state index contributed by atoms with van der Waals surface area (Å²) in [5.41, 5.74) is 0. The summed E-state index contributed by atoms with van der Waals surface area (Å²) in [6, 6.07) is 0. The van der Waals surface area contributed by atoms with Gasteiger partial charge in [0.1, 0.15) is 12.2 Å². The van der Waals surface area contributed by atoms with Crippen molar-refractivity contribution < 1.29 is 29.5 Å². The summed E-state index contributed by atoms with van der Waals surface area (Å²) in [5, 5.41) is 29.4. The molecule has 0 spiro atoms. The van der Waals surface area contributed by atoms with Gasteiger partial charge in [0.25, 0.3) is 0 Å². The van der Waals surface area contributed by atoms with E-state index in [4.69, 9.17) is 14.2 Å². The number of rotatable bonds is 2. The first-order chi connectivity index (χ1) is 8.88. The predicted octanol–water partition coefficient (Wildman–Crippen LogP) is -0.214. The summed E-state index contributed by atoms with van der Waals surface area (Å²) in [6.07, 6.45) is -3.51. The molecular formula is C13H24O6. The van der Waals surface area contributed by atoms with Crippen LogP contribution in [-0.2, 0) is 14.2 Å². The lowest BCUT2D eigenvalue weighted by Crippen LogP contribution is -2.53. The van der Waals surface area contributed by atoms with Crippen LogP contribution in [0.4, 0.5) is 0 Å². The first-order valence-electron chi connectivity index (χ1n) is 6.89. The van der Waals surface area contributed by atoms with Crippen LogP contribution in [0.1, 0.15) is 33.6 Å². The smallest absolute Gasteiger partial charge is 0.161 e. The van der Waals surface area contributed by atoms with Crippen molar-refractivity contribution in [2.45, 2.75) is 82.6 Å². The van der Waals surface area contributed by atoms with Crippen molar-refractivity contribution in [2.75, 3.05) is 0 Å². The number of ether oxygens (including phenoxy) is 3. The van der Waals surface area contributed by atoms with Crippen LogP contribution in [0.3, 0.4) is 0 Å². The minimum Gasteiger partial charge on any atom is -0.390 e. The highest BCUT2D eigenvalue weighted by Crippen LogP contribution is 2.27. The highest BCUT2D eigenvalue weighted by atomic mass is 16.7. The summed E-state index contributed by atoms with van der Waals surface area (Å²) in [6.45, 7) is 5.44. The minimum atomic E-state index is -0.898. The number of hydrogen-bond donors (Lipinski definition) is 3. The van der Waals surface area contributed by atoms with Gasteiger partial charge in [-0.25, -0.2) is 0 Å². The Kier molecular flexibility index (Phi) is 4.81. The van der Waals surface area contributed by atoms with Crippen LogP contribution >= 0.6 is 0 Å². The molecule has 0 aliphatic carbocycles. The molecule has 0 aromatic carbocycles. The van der Waals surface area contributed by atoms with Gasteiger partial charge in [-0.15, -0.1) is 0 Å². The van der Waals surface area contributed by atoms with Crippen LogP contribution in [0.5, 0.6) is 0 Å². The second-order valence-corrected chi connectivity index (χ2v) is 5.62. The fourth-order valence-corrected chi connectivity index (χ4v) is 2.78. The fraction of sp³-hybridized carbons (Fsp3) is 1.00. The summed E-state index contributed by atoms with van der Waals surface area (Å²) >= 11 is 0. The molecule has 8 atom stereocenters. The molecule has 2 saturated heterocycles. The highest BCUT2D eigenvalue weighted by molar-refractivity contribution is 4.85. The van der Waals surface area contributed by atoms with Gasteiger partial charge < -0.3 is 29.5 Å². The zero-order valence-electron chi connectivity index (χ0n) is 11.6. The van der Waals surface area contributed by atoms with E-state index in [-0.39, 0.29) is 18.6 Å². The van der Waals surface area contributed by atoms with Crippen molar-refractivity contribution >= 4 is 0 Å². The Hall–Kier alpha value is -0.240. The van der Waals surface area contributed by atoms with Crippen LogP contribution in [0.2, 0.25) is 0 Å². The maximum absolute atomic E-state index is 10.1. The highest BCUT2D eigenvalue weighted by Gasteiger charge is 2.40. The van der Waals surface area contributed by atoms with E-state index in [2.05, 4.69) is 0 Å². The molecule has 0 saturated carbocycles. The van der Waals surface area contributed by atoms with E-state index < -0.39 is 36.8 Å². The van der Waals surface area contributed by atoms with Crippen LogP contribution in [0, 0.1) is 0 Å². The van der Waals surface area contributed by atoms with E-state index in [0.29, 0.717) is 6.42 Å². The minimum absolute atomic E-state index is 0.00320. The van der Waals surface area contributed by atoms with Gasteiger partial charge in [0.15, 0.2) is 6.29 Å². The molecule has 112 valence electrons. The first-order valence-corrected chi connectivity index (χ1v) is 6.89. The molecule has 0 amide bonds. The Balaban J connectivity index is 1.93. The van der Waals surface area contributed by atoms with E-state index in [0.717, 1.165) is 0 Å². The maximum Gasteiger partial charge on any atom is 0.161 e. The molecule has 2 fully saturated rings. The summed E-state index contributed by atoms with van der Waals surface area (Å²) in [7, 11) is 0. The van der Waals surface area contributed by atoms with Crippen LogP contribution in [0.15, 0.2) is 0 Å². The predicted molar refractivity (Wildman–Crippen MR) is 66.5 cm³/mol. The van der Waals surface area contributed by atoms with E-state index >= 15 is 0 Å². The molecule has 0 aromatic rings. The second kappa shape index (κ2) is 6.03. The third kappa shape index (κ3) is 3.45. The molecule has 0 bridgehead atoms. The Morgan fingerprint density at radius 3 is 2.16 bits per heavy atom. The zero-order chi connectivity index (χ0) is 14.2. The molecule has 2 rings (SSSR count). The van der Waals surface area contributed by atoms with Crippen molar-refractivity contribution in [1.82, 2.24) is 0 Å². The zero-order valence-corrected chi connectivity index (χ0v) is 11.6. The van der Waals surface area contributed by atoms with Crippen LogP contribution in [-0.4, -0.2) is 64.3 Å². The molecule has 19 heavy (non-hydrogen) atoms. The molecule has 8 unspecified atom stereocenters. The molecule has 6 nitrogen and oxygen atoms in total. The SMILES string of the molecule is CC1CC(O)C(OC2CC(O)C(O)C(C)O2)C(C)O1. The van der Waals surface area contributed by atoms with Crippen molar-refractivity contribution in [3.05, 3.63) is 0 Å². The first kappa shape index (κ1) is 15.2. The van der Waals surface area contributed by atoms with Crippen LogP contribution in [0.25, 0.3) is 0 Å². The standard InChI is InChI=1S/C13H24O6/c1-6-4-10(15)13(8(3)17-6)19-11-5-9(14)12(16)7(2)18-11/h6-16H,4-5H2,1-3H3. The van der Waals surface area contributed by atoms with Gasteiger partial charge in [0.2, 0.25) is 0 Å². The van der Waals surface area contributed by atoms with E-state index in [1.54, 1.807) is 6.92 Å². The Labute approximate surface area is 113 Å². The Morgan fingerprint density at radius 2 is 1.58 bits per heavy atom. The average Bonchev–Trinajstić information content (AvgIpc) is 2.30. The number of aliphatic hydroxyl groups is 3. The molecule has 6 heteroatoms. The van der Waals surface area contributed by atoms with Gasteiger partial charge in [-0.1, -0.05) is 0 Å². The summed E-state index contributed by atoms with van der Waals surface area (Å²) in [4.78, 5) is 0. The van der Waals surface area contributed by atoms with Gasteiger partial charge in [0.05, 0.1) is 30.5 Å². The van der Waals surface area contributed by atoms with Gasteiger partial charge in [-0.3, -0.25) is 0 Å². The Bertz CT molecular complexity index is 275. The van der Waals surface area contributed by atoms with E-state index in [9.17, 15) is 15.3 Å². The molecule has 2 aliphatic heterocycles. The summed E-state index contributed by atoms with van der Waals surface area (Å²) in [5.74, 6) is 0. The fourth-order valence-electron chi connectivity index (χ4n) is 2.78. The molecular weight excluding hydrogens is 252 g/mol. The van der Waals surface area contributed by atoms with Gasteiger partial charge in [-0.2, -0.15) is 0 Å². The molecule has 2 heterocycles. The van der Waals surface area contributed by atoms with E-state index in [1.807, 2.05) is 13.8 Å². The topological polar surface area (TPSA) is 88.4 Å². The van der Waals surface area contributed by atoms with E-state index in [1.165, 1.54) is 0 Å². The average molecular weight is 276 g/mol. The molecule has 2 aliphatic rings. The second-order valence-electron chi connectivity index (χ2n) is 5.62. The van der Waals surface area contributed by atoms with Crippen molar-refractivity contribution in [3.63, 3.8) is 0 Å². The third-order valence-corrected chi connectivity index (χ3v) is 3.85. The van der Waals surface area contributed by atoms with Crippen molar-refractivity contribution in [1.29, 1.82) is 0 Å². The molecule has 3 N–H and O–H groups in total. The van der Waals surface area contributed by atoms with Gasteiger partial charge >= 0.3 is 0 Å². The lowest BCUT2D eigenvalue weighted by atomic mass is 9.98. The van der Waals surface area contributed by atoms with Crippen LogP contribution < -0.4 is 0 Å². The quantitative estimate of drug-likeness (QED) is 0.646. The maximum atomic E-state index is 10.1. The van der Waals surface area contributed by atoms with Gasteiger partial charge in [-0.05, 0) is 20.8 Å². The van der Waals surface area contributed by atoms with Crippen molar-refractivity contribution in [2.24, 2.45) is 0 Å². The third-order valence-electron chi connectivity index (χ3n) is 3.85. The normalized spacial score (nSPS) is 52.1. The van der Waals surface area contributed by atoms with Gasteiger partial charge in [0, 0.05) is 12.8 Å². The lowest BCUT2D eigenvalue weighted by molar-refractivity contribution is -0.292. The number of hydrogen-bond acceptors (Lipinski definition) is 6.